The van der Waals surface area contributed by atoms with Gasteiger partial charge in [0.05, 0.1) is 5.69 Å². The number of halogens is 1. The smallest absolute Gasteiger partial charge is 0.221 e. The van der Waals surface area contributed by atoms with Crippen molar-refractivity contribution in [3.63, 3.8) is 0 Å². The van der Waals surface area contributed by atoms with E-state index in [1.165, 1.54) is 6.92 Å². The van der Waals surface area contributed by atoms with Gasteiger partial charge in [0.25, 0.3) is 0 Å². The molecule has 3 N–H and O–H groups in total. The van der Waals surface area contributed by atoms with Crippen LogP contribution in [-0.2, 0) is 4.79 Å². The number of phenolic OH excluding ortho intramolecular Hbond substituents is 1. The second kappa shape index (κ2) is 5.71. The Morgan fingerprint density at radius 3 is 2.94 bits per heavy atom. The van der Waals surface area contributed by atoms with Gasteiger partial charge in [-0.15, -0.1) is 0 Å². The lowest BCUT2D eigenvalue weighted by atomic mass is 9.90. The zero-order valence-corrected chi connectivity index (χ0v) is 11.9. The highest BCUT2D eigenvalue weighted by atomic mass is 79.9. The quantitative estimate of drug-likeness (QED) is 0.736. The molecule has 18 heavy (non-hydrogen) atoms. The van der Waals surface area contributed by atoms with Crippen molar-refractivity contribution in [3.8, 4) is 5.75 Å². The van der Waals surface area contributed by atoms with Crippen LogP contribution in [0.5, 0.6) is 5.75 Å². The minimum Gasteiger partial charge on any atom is -0.506 e. The van der Waals surface area contributed by atoms with Crippen molar-refractivity contribution in [2.45, 2.75) is 25.7 Å². The Bertz CT molecular complexity index is 457. The molecule has 2 rings (SSSR count). The number of amides is 1. The van der Waals surface area contributed by atoms with Crippen LogP contribution < -0.4 is 10.6 Å². The lowest BCUT2D eigenvalue weighted by Crippen LogP contribution is -2.29. The Labute approximate surface area is 115 Å². The average Bonchev–Trinajstić information content (AvgIpc) is 2.35. The summed E-state index contributed by atoms with van der Waals surface area (Å²) >= 11 is 3.52. The first-order valence-electron chi connectivity index (χ1n) is 6.09. The van der Waals surface area contributed by atoms with E-state index in [0.717, 1.165) is 36.0 Å². The number of piperidine rings is 1. The molecule has 1 aliphatic rings. The van der Waals surface area contributed by atoms with Gasteiger partial charge in [-0.3, -0.25) is 4.79 Å². The molecule has 1 amide bonds. The fraction of sp³-hybridized carbons (Fsp3) is 0.462. The van der Waals surface area contributed by atoms with E-state index in [9.17, 15) is 9.90 Å². The van der Waals surface area contributed by atoms with Crippen molar-refractivity contribution in [2.75, 3.05) is 18.4 Å². The van der Waals surface area contributed by atoms with Crippen LogP contribution in [-0.4, -0.2) is 24.1 Å². The minimum absolute atomic E-state index is 0.119. The van der Waals surface area contributed by atoms with Crippen LogP contribution in [0.2, 0.25) is 0 Å². The first-order valence-corrected chi connectivity index (χ1v) is 6.88. The molecule has 1 heterocycles. The standard InChI is InChI=1S/C13H17BrN2O2/c1-8(17)16-13-11(18)5-4-10(14)12(13)9-3-2-6-15-7-9/h4-5,9,15,18H,2-3,6-7H2,1H3,(H,16,17). The van der Waals surface area contributed by atoms with Gasteiger partial charge in [-0.1, -0.05) is 15.9 Å². The van der Waals surface area contributed by atoms with E-state index in [1.807, 2.05) is 6.07 Å². The summed E-state index contributed by atoms with van der Waals surface area (Å²) in [6.07, 6.45) is 2.16. The summed E-state index contributed by atoms with van der Waals surface area (Å²) in [6, 6.07) is 3.42. The summed E-state index contributed by atoms with van der Waals surface area (Å²) in [5, 5.41) is 16.0. The SMILES string of the molecule is CC(=O)Nc1c(O)ccc(Br)c1C1CCCNC1. The second-order valence-electron chi connectivity index (χ2n) is 4.58. The summed E-state index contributed by atoms with van der Waals surface area (Å²) < 4.78 is 0.928. The van der Waals surface area contributed by atoms with Crippen LogP contribution in [0, 0.1) is 0 Å². The number of anilines is 1. The highest BCUT2D eigenvalue weighted by Crippen LogP contribution is 2.40. The van der Waals surface area contributed by atoms with Crippen molar-refractivity contribution in [1.29, 1.82) is 0 Å². The van der Waals surface area contributed by atoms with Gasteiger partial charge in [-0.2, -0.15) is 0 Å². The number of nitrogens with one attached hydrogen (secondary N) is 2. The van der Waals surface area contributed by atoms with E-state index in [0.29, 0.717) is 11.6 Å². The zero-order valence-electron chi connectivity index (χ0n) is 10.3. The Kier molecular flexibility index (Phi) is 4.24. The predicted molar refractivity (Wildman–Crippen MR) is 75.0 cm³/mol. The zero-order chi connectivity index (χ0) is 13.1. The summed E-state index contributed by atoms with van der Waals surface area (Å²) in [4.78, 5) is 11.3. The summed E-state index contributed by atoms with van der Waals surface area (Å²) in [6.45, 7) is 3.35. The first-order chi connectivity index (χ1) is 8.59. The summed E-state index contributed by atoms with van der Waals surface area (Å²) in [5.74, 6) is 0.254. The molecule has 0 saturated carbocycles. The molecular formula is C13H17BrN2O2. The number of hydrogen-bond donors (Lipinski definition) is 3. The number of carbonyl (C=O) groups is 1. The van der Waals surface area contributed by atoms with Crippen LogP contribution in [0.25, 0.3) is 0 Å². The Hall–Kier alpha value is -1.07. The Morgan fingerprint density at radius 1 is 1.56 bits per heavy atom. The molecule has 1 saturated heterocycles. The lowest BCUT2D eigenvalue weighted by molar-refractivity contribution is -0.114. The molecule has 0 bridgehead atoms. The van der Waals surface area contributed by atoms with Gasteiger partial charge in [0.2, 0.25) is 5.91 Å². The van der Waals surface area contributed by atoms with Gasteiger partial charge in [-0.05, 0) is 43.0 Å². The van der Waals surface area contributed by atoms with E-state index in [2.05, 4.69) is 26.6 Å². The number of carbonyl (C=O) groups excluding carboxylic acids is 1. The van der Waals surface area contributed by atoms with Crippen LogP contribution in [0.4, 0.5) is 5.69 Å². The Balaban J connectivity index is 2.41. The van der Waals surface area contributed by atoms with Gasteiger partial charge in [-0.25, -0.2) is 0 Å². The normalized spacial score (nSPS) is 19.6. The van der Waals surface area contributed by atoms with Crippen LogP contribution in [0.3, 0.4) is 0 Å². The van der Waals surface area contributed by atoms with Crippen LogP contribution >= 0.6 is 15.9 Å². The lowest BCUT2D eigenvalue weighted by Gasteiger charge is -2.26. The van der Waals surface area contributed by atoms with Crippen molar-refractivity contribution in [3.05, 3.63) is 22.2 Å². The summed E-state index contributed by atoms with van der Waals surface area (Å²) in [5.41, 5.74) is 1.52. The highest BCUT2D eigenvalue weighted by molar-refractivity contribution is 9.10. The molecule has 0 aromatic heterocycles. The Morgan fingerprint density at radius 2 is 2.33 bits per heavy atom. The molecule has 1 aliphatic heterocycles. The third kappa shape index (κ3) is 2.84. The first kappa shape index (κ1) is 13.4. The molecule has 1 aromatic rings. The van der Waals surface area contributed by atoms with E-state index in [-0.39, 0.29) is 11.7 Å². The second-order valence-corrected chi connectivity index (χ2v) is 5.43. The molecule has 1 fully saturated rings. The van der Waals surface area contributed by atoms with Gasteiger partial charge in [0, 0.05) is 17.9 Å². The predicted octanol–water partition coefficient (Wildman–Crippen LogP) is 2.58. The molecule has 0 spiro atoms. The van der Waals surface area contributed by atoms with E-state index in [1.54, 1.807) is 6.07 Å². The van der Waals surface area contributed by atoms with Gasteiger partial charge in [0.1, 0.15) is 5.75 Å². The number of benzene rings is 1. The van der Waals surface area contributed by atoms with E-state index < -0.39 is 0 Å². The fourth-order valence-corrected chi connectivity index (χ4v) is 3.04. The highest BCUT2D eigenvalue weighted by Gasteiger charge is 2.23. The largest absolute Gasteiger partial charge is 0.506 e. The fourth-order valence-electron chi connectivity index (χ4n) is 2.39. The maximum atomic E-state index is 11.3. The molecule has 1 unspecified atom stereocenters. The van der Waals surface area contributed by atoms with Gasteiger partial charge in [0.15, 0.2) is 0 Å². The molecule has 0 radical (unpaired) electrons. The number of hydrogen-bond acceptors (Lipinski definition) is 3. The molecule has 5 heteroatoms. The van der Waals surface area contributed by atoms with Crippen molar-refractivity contribution >= 4 is 27.5 Å². The van der Waals surface area contributed by atoms with Crippen molar-refractivity contribution in [2.24, 2.45) is 0 Å². The monoisotopic (exact) mass is 312 g/mol. The van der Waals surface area contributed by atoms with Crippen molar-refractivity contribution in [1.82, 2.24) is 5.32 Å². The van der Waals surface area contributed by atoms with Crippen LogP contribution in [0.15, 0.2) is 16.6 Å². The topological polar surface area (TPSA) is 61.4 Å². The number of phenols is 1. The molecule has 98 valence electrons. The maximum Gasteiger partial charge on any atom is 0.221 e. The molecule has 1 aromatic carbocycles. The number of aromatic hydroxyl groups is 1. The molecule has 0 aliphatic carbocycles. The third-order valence-electron chi connectivity index (χ3n) is 3.18. The molecule has 4 nitrogen and oxygen atoms in total. The number of rotatable bonds is 2. The molecule has 1 atom stereocenters. The average molecular weight is 313 g/mol. The van der Waals surface area contributed by atoms with E-state index >= 15 is 0 Å². The van der Waals surface area contributed by atoms with Gasteiger partial charge < -0.3 is 15.7 Å². The van der Waals surface area contributed by atoms with Crippen molar-refractivity contribution < 1.29 is 9.90 Å². The van der Waals surface area contributed by atoms with E-state index in [4.69, 9.17) is 0 Å². The summed E-state index contributed by atoms with van der Waals surface area (Å²) in [7, 11) is 0. The molecular weight excluding hydrogens is 296 g/mol. The minimum atomic E-state index is -0.173. The maximum absolute atomic E-state index is 11.3. The van der Waals surface area contributed by atoms with Gasteiger partial charge >= 0.3 is 0 Å². The van der Waals surface area contributed by atoms with Crippen LogP contribution in [0.1, 0.15) is 31.2 Å². The third-order valence-corrected chi connectivity index (χ3v) is 3.87.